The van der Waals surface area contributed by atoms with E-state index < -0.39 is 0 Å². The molecule has 5 nitrogen and oxygen atoms in total. The molecule has 0 radical (unpaired) electrons. The summed E-state index contributed by atoms with van der Waals surface area (Å²) in [5, 5.41) is 5.35. The molecule has 0 unspecified atom stereocenters. The molecule has 1 heterocycles. The summed E-state index contributed by atoms with van der Waals surface area (Å²) in [6, 6.07) is 16.4. The maximum absolute atomic E-state index is 12.2. The fourth-order valence-corrected chi connectivity index (χ4v) is 3.18. The Balaban J connectivity index is 1.61. The van der Waals surface area contributed by atoms with Gasteiger partial charge in [-0.05, 0) is 61.0 Å². The van der Waals surface area contributed by atoms with Gasteiger partial charge in [-0.1, -0.05) is 29.4 Å². The van der Waals surface area contributed by atoms with E-state index in [9.17, 15) is 4.79 Å². The highest BCUT2D eigenvalue weighted by molar-refractivity contribution is 7.99. The first-order valence-electron chi connectivity index (χ1n) is 8.06. The summed E-state index contributed by atoms with van der Waals surface area (Å²) in [7, 11) is 1.53. The summed E-state index contributed by atoms with van der Waals surface area (Å²) in [6.07, 6.45) is 1.45. The predicted octanol–water partition coefficient (Wildman–Crippen LogP) is 5.17. The molecule has 1 aromatic heterocycles. The van der Waals surface area contributed by atoms with Crippen molar-refractivity contribution in [2.24, 2.45) is 5.10 Å². The second kappa shape index (κ2) is 8.79. The lowest BCUT2D eigenvalue weighted by Crippen LogP contribution is -2.18. The predicted molar refractivity (Wildman–Crippen MR) is 107 cm³/mol. The standard InChI is InChI=1S/C20H17ClN2O3S/c1-13-3-9-17(18(11-13)25-2)20(24)23-22-12-15-6-10-19(26-15)27-16-7-4-14(21)5-8-16/h3-12H,1-2H3,(H,23,24)/b22-12-. The SMILES string of the molecule is COc1cc(C)ccc1C(=O)N/N=C\c1ccc(Sc2ccc(Cl)cc2)o1. The minimum atomic E-state index is -0.356. The zero-order chi connectivity index (χ0) is 19.2. The molecule has 0 aliphatic carbocycles. The van der Waals surface area contributed by atoms with Crippen LogP contribution in [0.4, 0.5) is 0 Å². The third kappa shape index (κ3) is 5.15. The normalized spacial score (nSPS) is 10.9. The first kappa shape index (κ1) is 19.1. The average Bonchev–Trinajstić information content (AvgIpc) is 3.10. The molecule has 1 amide bonds. The molecule has 0 aliphatic heterocycles. The second-order valence-electron chi connectivity index (χ2n) is 5.62. The van der Waals surface area contributed by atoms with E-state index in [4.69, 9.17) is 20.8 Å². The third-order valence-corrected chi connectivity index (χ3v) is 4.77. The van der Waals surface area contributed by atoms with Gasteiger partial charge in [-0.25, -0.2) is 5.43 Å². The highest BCUT2D eigenvalue weighted by Crippen LogP contribution is 2.29. The molecular weight excluding hydrogens is 384 g/mol. The van der Waals surface area contributed by atoms with Gasteiger partial charge in [0.2, 0.25) is 0 Å². The van der Waals surface area contributed by atoms with Gasteiger partial charge in [0.15, 0.2) is 5.09 Å². The molecule has 1 N–H and O–H groups in total. The molecule has 0 fully saturated rings. The molecule has 7 heteroatoms. The van der Waals surface area contributed by atoms with E-state index in [0.717, 1.165) is 10.5 Å². The highest BCUT2D eigenvalue weighted by atomic mass is 35.5. The van der Waals surface area contributed by atoms with Crippen molar-refractivity contribution < 1.29 is 13.9 Å². The van der Waals surface area contributed by atoms with Crippen molar-refractivity contribution in [2.45, 2.75) is 16.9 Å². The number of aryl methyl sites for hydroxylation is 1. The maximum Gasteiger partial charge on any atom is 0.275 e. The summed E-state index contributed by atoms with van der Waals surface area (Å²) in [5.41, 5.74) is 3.90. The van der Waals surface area contributed by atoms with Crippen LogP contribution in [0, 0.1) is 6.92 Å². The van der Waals surface area contributed by atoms with Crippen LogP contribution in [0.15, 0.2) is 74.1 Å². The van der Waals surface area contributed by atoms with Crippen LogP contribution in [0.5, 0.6) is 5.75 Å². The minimum Gasteiger partial charge on any atom is -0.496 e. The number of halogens is 1. The quantitative estimate of drug-likeness (QED) is 0.458. The Morgan fingerprint density at radius 2 is 1.96 bits per heavy atom. The number of hydrogen-bond acceptors (Lipinski definition) is 5. The van der Waals surface area contributed by atoms with Crippen molar-refractivity contribution >= 4 is 35.5 Å². The van der Waals surface area contributed by atoms with Gasteiger partial charge in [0.05, 0.1) is 18.9 Å². The van der Waals surface area contributed by atoms with Crippen molar-refractivity contribution in [2.75, 3.05) is 7.11 Å². The lowest BCUT2D eigenvalue weighted by molar-refractivity contribution is 0.0952. The van der Waals surface area contributed by atoms with Crippen molar-refractivity contribution in [3.63, 3.8) is 0 Å². The molecule has 0 atom stereocenters. The number of carbonyl (C=O) groups excluding carboxylic acids is 1. The number of methoxy groups -OCH3 is 1. The molecular formula is C20H17ClN2O3S. The largest absolute Gasteiger partial charge is 0.496 e. The Bertz CT molecular complexity index is 968. The summed E-state index contributed by atoms with van der Waals surface area (Å²) in [4.78, 5) is 13.3. The molecule has 2 aromatic carbocycles. The Morgan fingerprint density at radius 1 is 1.19 bits per heavy atom. The molecule has 0 bridgehead atoms. The monoisotopic (exact) mass is 400 g/mol. The molecule has 0 saturated heterocycles. The number of hydrazone groups is 1. The van der Waals surface area contributed by atoms with E-state index in [1.54, 1.807) is 18.2 Å². The van der Waals surface area contributed by atoms with Gasteiger partial charge < -0.3 is 9.15 Å². The number of carbonyl (C=O) groups is 1. The van der Waals surface area contributed by atoms with Crippen LogP contribution < -0.4 is 10.2 Å². The minimum absolute atomic E-state index is 0.356. The lowest BCUT2D eigenvalue weighted by Gasteiger charge is -2.07. The molecule has 0 spiro atoms. The van der Waals surface area contributed by atoms with Gasteiger partial charge in [-0.2, -0.15) is 5.10 Å². The third-order valence-electron chi connectivity index (χ3n) is 3.59. The number of amides is 1. The Labute approximate surface area is 166 Å². The maximum atomic E-state index is 12.2. The molecule has 0 aliphatic rings. The fourth-order valence-electron chi connectivity index (χ4n) is 2.28. The van der Waals surface area contributed by atoms with Crippen LogP contribution in [0.1, 0.15) is 21.7 Å². The van der Waals surface area contributed by atoms with Crippen molar-refractivity contribution in [1.82, 2.24) is 5.43 Å². The number of ether oxygens (including phenoxy) is 1. The Kier molecular flexibility index (Phi) is 6.21. The molecule has 3 rings (SSSR count). The highest BCUT2D eigenvalue weighted by Gasteiger charge is 2.11. The topological polar surface area (TPSA) is 63.8 Å². The van der Waals surface area contributed by atoms with Gasteiger partial charge >= 0.3 is 0 Å². The first-order chi connectivity index (χ1) is 13.0. The fraction of sp³-hybridized carbons (Fsp3) is 0.100. The van der Waals surface area contributed by atoms with Gasteiger partial charge in [-0.15, -0.1) is 0 Å². The summed E-state index contributed by atoms with van der Waals surface area (Å²) >= 11 is 7.35. The van der Waals surface area contributed by atoms with Crippen LogP contribution in [0.3, 0.4) is 0 Å². The van der Waals surface area contributed by atoms with Gasteiger partial charge in [0.25, 0.3) is 5.91 Å². The van der Waals surface area contributed by atoms with Crippen molar-refractivity contribution in [3.05, 3.63) is 76.5 Å². The number of nitrogens with one attached hydrogen (secondary N) is 1. The van der Waals surface area contributed by atoms with Gasteiger partial charge in [-0.3, -0.25) is 4.79 Å². The van der Waals surface area contributed by atoms with Crippen LogP contribution in [-0.4, -0.2) is 19.2 Å². The molecule has 27 heavy (non-hydrogen) atoms. The summed E-state index contributed by atoms with van der Waals surface area (Å²) in [5.74, 6) is 0.676. The van der Waals surface area contributed by atoms with Crippen molar-refractivity contribution in [3.8, 4) is 5.75 Å². The van der Waals surface area contributed by atoms with Gasteiger partial charge in [0.1, 0.15) is 11.5 Å². The average molecular weight is 401 g/mol. The smallest absolute Gasteiger partial charge is 0.275 e. The zero-order valence-electron chi connectivity index (χ0n) is 14.7. The van der Waals surface area contributed by atoms with Crippen LogP contribution in [-0.2, 0) is 0 Å². The van der Waals surface area contributed by atoms with E-state index in [1.165, 1.54) is 25.1 Å². The number of nitrogens with zero attached hydrogens (tertiary/aromatic N) is 1. The first-order valence-corrected chi connectivity index (χ1v) is 9.26. The van der Waals surface area contributed by atoms with E-state index in [0.29, 0.717) is 27.2 Å². The number of furan rings is 1. The number of benzene rings is 2. The van der Waals surface area contributed by atoms with Crippen LogP contribution in [0.25, 0.3) is 0 Å². The van der Waals surface area contributed by atoms with E-state index in [-0.39, 0.29) is 5.91 Å². The van der Waals surface area contributed by atoms with Crippen LogP contribution >= 0.6 is 23.4 Å². The van der Waals surface area contributed by atoms with E-state index in [2.05, 4.69) is 10.5 Å². The van der Waals surface area contributed by atoms with Gasteiger partial charge in [0, 0.05) is 9.92 Å². The molecule has 3 aromatic rings. The number of rotatable bonds is 6. The Morgan fingerprint density at radius 3 is 2.70 bits per heavy atom. The Hall–Kier alpha value is -2.70. The van der Waals surface area contributed by atoms with Crippen LogP contribution in [0.2, 0.25) is 5.02 Å². The summed E-state index contributed by atoms with van der Waals surface area (Å²) in [6.45, 7) is 1.93. The lowest BCUT2D eigenvalue weighted by atomic mass is 10.1. The van der Waals surface area contributed by atoms with Crippen molar-refractivity contribution in [1.29, 1.82) is 0 Å². The van der Waals surface area contributed by atoms with E-state index in [1.807, 2.05) is 43.3 Å². The second-order valence-corrected chi connectivity index (χ2v) is 7.13. The number of hydrogen-bond donors (Lipinski definition) is 1. The summed E-state index contributed by atoms with van der Waals surface area (Å²) < 4.78 is 10.9. The van der Waals surface area contributed by atoms with E-state index >= 15 is 0 Å². The molecule has 0 saturated carbocycles. The zero-order valence-corrected chi connectivity index (χ0v) is 16.3. The molecule has 138 valence electrons.